The molecule has 8 rings (SSSR count). The van der Waals surface area contributed by atoms with E-state index in [2.05, 4.69) is 258 Å². The largest absolute Gasteiger partial charge is 0.310 e. The van der Waals surface area contributed by atoms with E-state index in [4.69, 9.17) is 0 Å². The maximum absolute atomic E-state index is 2.36. The van der Waals surface area contributed by atoms with E-state index in [0.717, 1.165) is 28.3 Å². The van der Waals surface area contributed by atoms with Crippen LogP contribution >= 0.6 is 0 Å². The average molecular weight is 777 g/mol. The van der Waals surface area contributed by atoms with E-state index >= 15 is 0 Å². The molecule has 0 saturated carbocycles. The van der Waals surface area contributed by atoms with E-state index < -0.39 is 0 Å². The molecule has 0 aliphatic rings. The molecule has 0 unspecified atom stereocenters. The lowest BCUT2D eigenvalue weighted by atomic mass is 10.0. The molecule has 294 valence electrons. The minimum absolute atomic E-state index is 1.11. The topological polar surface area (TPSA) is 6.48 Å². The van der Waals surface area contributed by atoms with Gasteiger partial charge in [-0.05, 0) is 152 Å². The molecule has 0 radical (unpaired) electrons. The molecule has 8 aromatic carbocycles. The average Bonchev–Trinajstić information content (AvgIpc) is 3.26. The SMILES string of the molecule is Cc1ccc(C=Cc2ccc(N(c3ccc(-c4ccc(N(c5ccc(C=Cc6ccccc6C)cc5)c5ccc(C)cc5C)cc4)cc3)c3ccc(C)cc3C)cc2)cc1. The van der Waals surface area contributed by atoms with Crippen LogP contribution < -0.4 is 9.80 Å². The number of hydrogen-bond acceptors (Lipinski definition) is 2. The molecule has 0 aromatic heterocycles. The van der Waals surface area contributed by atoms with Crippen molar-refractivity contribution >= 4 is 58.4 Å². The summed E-state index contributed by atoms with van der Waals surface area (Å²) in [6.45, 7) is 13.0. The first-order chi connectivity index (χ1) is 29.2. The Hall–Kier alpha value is -7.16. The number of benzene rings is 8. The number of aryl methyl sites for hydroxylation is 6. The maximum atomic E-state index is 2.36. The second-order valence-corrected chi connectivity index (χ2v) is 16.0. The first-order valence-electron chi connectivity index (χ1n) is 20.8. The third-order valence-corrected chi connectivity index (χ3v) is 11.3. The zero-order valence-electron chi connectivity index (χ0n) is 35.5. The highest BCUT2D eigenvalue weighted by Crippen LogP contribution is 2.40. The van der Waals surface area contributed by atoms with Crippen molar-refractivity contribution in [3.63, 3.8) is 0 Å². The van der Waals surface area contributed by atoms with Crippen molar-refractivity contribution in [1.29, 1.82) is 0 Å². The summed E-state index contributed by atoms with van der Waals surface area (Å²) in [7, 11) is 0. The van der Waals surface area contributed by atoms with Crippen LogP contribution in [0.1, 0.15) is 55.6 Å². The maximum Gasteiger partial charge on any atom is 0.0490 e. The number of hydrogen-bond donors (Lipinski definition) is 0. The van der Waals surface area contributed by atoms with Gasteiger partial charge in [0.2, 0.25) is 0 Å². The molecule has 0 aliphatic heterocycles. The third-order valence-electron chi connectivity index (χ3n) is 11.3. The fraction of sp³-hybridized carbons (Fsp3) is 0.103. The van der Waals surface area contributed by atoms with Crippen LogP contribution in [0.3, 0.4) is 0 Å². The highest BCUT2D eigenvalue weighted by Gasteiger charge is 2.17. The van der Waals surface area contributed by atoms with Crippen molar-refractivity contribution < 1.29 is 0 Å². The van der Waals surface area contributed by atoms with Crippen LogP contribution in [0.15, 0.2) is 182 Å². The van der Waals surface area contributed by atoms with E-state index in [9.17, 15) is 0 Å². The second-order valence-electron chi connectivity index (χ2n) is 16.0. The van der Waals surface area contributed by atoms with Gasteiger partial charge in [0.05, 0.1) is 0 Å². The summed E-state index contributed by atoms with van der Waals surface area (Å²) < 4.78 is 0. The van der Waals surface area contributed by atoms with E-state index in [0.29, 0.717) is 0 Å². The summed E-state index contributed by atoms with van der Waals surface area (Å²) in [6, 6.07) is 66.1. The van der Waals surface area contributed by atoms with Gasteiger partial charge in [0.15, 0.2) is 0 Å². The molecule has 0 heterocycles. The lowest BCUT2D eigenvalue weighted by Gasteiger charge is -2.28. The van der Waals surface area contributed by atoms with Crippen LogP contribution in [-0.2, 0) is 0 Å². The second kappa shape index (κ2) is 17.8. The summed E-state index contributed by atoms with van der Waals surface area (Å²) in [6.07, 6.45) is 8.74. The van der Waals surface area contributed by atoms with Crippen molar-refractivity contribution in [1.82, 2.24) is 0 Å². The molecule has 0 amide bonds. The lowest BCUT2D eigenvalue weighted by molar-refractivity contribution is 1.23. The normalized spacial score (nSPS) is 11.4. The first kappa shape index (κ1) is 39.7. The Kier molecular flexibility index (Phi) is 11.7. The molecular weight excluding hydrogens is 725 g/mol. The summed E-state index contributed by atoms with van der Waals surface area (Å²) in [5.41, 5.74) is 21.4. The van der Waals surface area contributed by atoms with Gasteiger partial charge in [-0.25, -0.2) is 0 Å². The minimum atomic E-state index is 1.11. The van der Waals surface area contributed by atoms with Crippen molar-refractivity contribution in [2.24, 2.45) is 0 Å². The summed E-state index contributed by atoms with van der Waals surface area (Å²) in [5.74, 6) is 0. The number of rotatable bonds is 11. The minimum Gasteiger partial charge on any atom is -0.310 e. The fourth-order valence-corrected chi connectivity index (χ4v) is 7.87. The summed E-state index contributed by atoms with van der Waals surface area (Å²) >= 11 is 0. The van der Waals surface area contributed by atoms with Crippen LogP contribution in [-0.4, -0.2) is 0 Å². The van der Waals surface area contributed by atoms with E-state index in [-0.39, 0.29) is 0 Å². The molecule has 8 aromatic rings. The quantitative estimate of drug-likeness (QED) is 0.121. The van der Waals surface area contributed by atoms with Gasteiger partial charge in [0, 0.05) is 34.1 Å². The Balaban J connectivity index is 1.07. The van der Waals surface area contributed by atoms with Crippen molar-refractivity contribution in [3.8, 4) is 11.1 Å². The molecule has 0 atom stereocenters. The Labute approximate surface area is 357 Å². The molecule has 0 spiro atoms. The van der Waals surface area contributed by atoms with Gasteiger partial charge in [0.1, 0.15) is 0 Å². The van der Waals surface area contributed by atoms with Crippen molar-refractivity contribution in [3.05, 3.63) is 238 Å². The lowest BCUT2D eigenvalue weighted by Crippen LogP contribution is -2.11. The number of nitrogens with zero attached hydrogens (tertiary/aromatic N) is 2. The van der Waals surface area contributed by atoms with Gasteiger partial charge in [-0.15, -0.1) is 0 Å². The van der Waals surface area contributed by atoms with Crippen LogP contribution in [0.4, 0.5) is 34.1 Å². The van der Waals surface area contributed by atoms with Gasteiger partial charge in [0.25, 0.3) is 0 Å². The molecule has 0 fully saturated rings. The van der Waals surface area contributed by atoms with Gasteiger partial charge in [-0.3, -0.25) is 0 Å². The van der Waals surface area contributed by atoms with E-state index in [1.807, 2.05) is 0 Å². The summed E-state index contributed by atoms with van der Waals surface area (Å²) in [4.78, 5) is 4.72. The third kappa shape index (κ3) is 9.09. The predicted octanol–water partition coefficient (Wildman–Crippen LogP) is 16.5. The summed E-state index contributed by atoms with van der Waals surface area (Å²) in [5, 5.41) is 0. The predicted molar refractivity (Wildman–Crippen MR) is 260 cm³/mol. The fourth-order valence-electron chi connectivity index (χ4n) is 7.87. The van der Waals surface area contributed by atoms with E-state index in [1.54, 1.807) is 0 Å². The first-order valence-corrected chi connectivity index (χ1v) is 20.8. The molecule has 0 N–H and O–H groups in total. The Bertz CT molecular complexity index is 2770. The Morgan fingerprint density at radius 3 is 1.05 bits per heavy atom. The number of anilines is 6. The van der Waals surface area contributed by atoms with E-state index in [1.165, 1.54) is 72.6 Å². The Morgan fingerprint density at radius 2 is 0.650 bits per heavy atom. The molecule has 0 aliphatic carbocycles. The standard InChI is InChI=1S/C58H52N2/c1-41-11-15-47(16-12-41)17-18-48-20-29-53(30-21-48)59(57-37-13-42(2)39-45(57)5)55-33-25-51(26-34-55)52-27-35-56(36-28-52)60(58-38-14-43(3)40-46(58)6)54-31-22-49(23-32-54)19-24-50-10-8-7-9-44(50)4/h7-40H,1-6H3. The van der Waals surface area contributed by atoms with Gasteiger partial charge in [-0.1, -0.05) is 162 Å². The van der Waals surface area contributed by atoms with Crippen LogP contribution in [0.25, 0.3) is 35.4 Å². The zero-order valence-corrected chi connectivity index (χ0v) is 35.5. The van der Waals surface area contributed by atoms with Crippen molar-refractivity contribution in [2.75, 3.05) is 9.80 Å². The van der Waals surface area contributed by atoms with Crippen molar-refractivity contribution in [2.45, 2.75) is 41.5 Å². The molecule has 0 bridgehead atoms. The molecular formula is C58H52N2. The van der Waals surface area contributed by atoms with Gasteiger partial charge in [-0.2, -0.15) is 0 Å². The highest BCUT2D eigenvalue weighted by molar-refractivity contribution is 5.83. The zero-order chi connectivity index (χ0) is 41.6. The van der Waals surface area contributed by atoms with Crippen LogP contribution in [0.5, 0.6) is 0 Å². The van der Waals surface area contributed by atoms with Gasteiger partial charge < -0.3 is 9.80 Å². The van der Waals surface area contributed by atoms with Crippen LogP contribution in [0, 0.1) is 41.5 Å². The smallest absolute Gasteiger partial charge is 0.0490 e. The molecule has 0 saturated heterocycles. The molecule has 60 heavy (non-hydrogen) atoms. The van der Waals surface area contributed by atoms with Gasteiger partial charge >= 0.3 is 0 Å². The Morgan fingerprint density at radius 1 is 0.300 bits per heavy atom. The molecule has 2 heteroatoms. The molecule has 2 nitrogen and oxygen atoms in total. The van der Waals surface area contributed by atoms with Crippen LogP contribution in [0.2, 0.25) is 0 Å². The monoisotopic (exact) mass is 776 g/mol. The highest BCUT2D eigenvalue weighted by atomic mass is 15.1.